The van der Waals surface area contributed by atoms with Gasteiger partial charge in [-0.25, -0.2) is 0 Å². The average Bonchev–Trinajstić information content (AvgIpc) is 2.98. The Bertz CT molecular complexity index is 239. The third kappa shape index (κ3) is 4.17. The molecule has 2 aliphatic heterocycles. The molecule has 2 heterocycles. The second-order valence-corrected chi connectivity index (χ2v) is 5.05. The minimum Gasteiger partial charge on any atom is -0.389 e. The van der Waals surface area contributed by atoms with Crippen molar-refractivity contribution in [3.05, 3.63) is 0 Å². The molecule has 2 saturated heterocycles. The third-order valence-electron chi connectivity index (χ3n) is 3.61. The molecule has 5 nitrogen and oxygen atoms in total. The minimum absolute atomic E-state index is 0.362. The summed E-state index contributed by atoms with van der Waals surface area (Å²) in [6.45, 7) is 4.74. The fraction of sp³-hybridized carbons (Fsp3) is 1.00. The van der Waals surface area contributed by atoms with Gasteiger partial charge in [-0.15, -0.1) is 0 Å². The second kappa shape index (κ2) is 7.40. The highest BCUT2D eigenvalue weighted by Gasteiger charge is 2.40. The smallest absolute Gasteiger partial charge is 0.0897 e. The first kappa shape index (κ1) is 14.2. The van der Waals surface area contributed by atoms with Crippen molar-refractivity contribution in [2.24, 2.45) is 0 Å². The van der Waals surface area contributed by atoms with E-state index in [1.165, 1.54) is 6.42 Å². The van der Waals surface area contributed by atoms with Crippen LogP contribution in [0.25, 0.3) is 0 Å². The summed E-state index contributed by atoms with van der Waals surface area (Å²) < 4.78 is 16.2. The highest BCUT2D eigenvalue weighted by Crippen LogP contribution is 2.34. The Morgan fingerprint density at radius 1 is 1.33 bits per heavy atom. The fourth-order valence-electron chi connectivity index (χ4n) is 2.68. The predicted molar refractivity (Wildman–Crippen MR) is 67.6 cm³/mol. The lowest BCUT2D eigenvalue weighted by Crippen LogP contribution is -2.42. The Balaban J connectivity index is 1.48. The van der Waals surface area contributed by atoms with E-state index in [2.05, 4.69) is 5.32 Å². The fourth-order valence-corrected chi connectivity index (χ4v) is 2.68. The quantitative estimate of drug-likeness (QED) is 0.584. The SMILES string of the molecule is CCOCCOCC(O)CNC1CC2CCC1O2. The van der Waals surface area contributed by atoms with Crippen molar-refractivity contribution >= 4 is 0 Å². The molecule has 0 aromatic heterocycles. The molecular formula is C13H25NO4. The van der Waals surface area contributed by atoms with E-state index < -0.39 is 6.10 Å². The Morgan fingerprint density at radius 3 is 2.83 bits per heavy atom. The van der Waals surface area contributed by atoms with E-state index in [-0.39, 0.29) is 0 Å². The van der Waals surface area contributed by atoms with Gasteiger partial charge in [0.25, 0.3) is 0 Å². The van der Waals surface area contributed by atoms with Gasteiger partial charge < -0.3 is 24.6 Å². The summed E-state index contributed by atoms with van der Waals surface area (Å²) in [5.74, 6) is 0. The van der Waals surface area contributed by atoms with E-state index in [4.69, 9.17) is 14.2 Å². The lowest BCUT2D eigenvalue weighted by Gasteiger charge is -2.21. The van der Waals surface area contributed by atoms with Crippen LogP contribution in [0.1, 0.15) is 26.2 Å². The summed E-state index contributed by atoms with van der Waals surface area (Å²) >= 11 is 0. The highest BCUT2D eigenvalue weighted by molar-refractivity contribution is 4.94. The van der Waals surface area contributed by atoms with Gasteiger partial charge in [0, 0.05) is 19.2 Å². The Kier molecular flexibility index (Phi) is 5.85. The van der Waals surface area contributed by atoms with Gasteiger partial charge in [-0.2, -0.15) is 0 Å². The predicted octanol–water partition coefficient (Wildman–Crippen LogP) is 0.310. The second-order valence-electron chi connectivity index (χ2n) is 5.05. The molecule has 2 N–H and O–H groups in total. The van der Waals surface area contributed by atoms with Gasteiger partial charge in [0.2, 0.25) is 0 Å². The molecule has 18 heavy (non-hydrogen) atoms. The van der Waals surface area contributed by atoms with E-state index in [0.29, 0.717) is 51.2 Å². The van der Waals surface area contributed by atoms with Gasteiger partial charge in [-0.3, -0.25) is 0 Å². The molecule has 0 saturated carbocycles. The standard InChI is InChI=1S/C13H25NO4/c1-2-16-5-6-17-9-10(15)8-14-12-7-11-3-4-13(12)18-11/h10-15H,2-9H2,1H3. The zero-order valence-electron chi connectivity index (χ0n) is 11.1. The van der Waals surface area contributed by atoms with Crippen LogP contribution in [0.3, 0.4) is 0 Å². The largest absolute Gasteiger partial charge is 0.389 e. The minimum atomic E-state index is -0.453. The highest BCUT2D eigenvalue weighted by atomic mass is 16.5. The van der Waals surface area contributed by atoms with E-state index in [9.17, 15) is 5.11 Å². The molecule has 0 aromatic rings. The van der Waals surface area contributed by atoms with E-state index in [1.807, 2.05) is 6.92 Å². The first-order chi connectivity index (χ1) is 8.79. The van der Waals surface area contributed by atoms with Crippen LogP contribution in [0.2, 0.25) is 0 Å². The molecule has 0 spiro atoms. The number of rotatable bonds is 9. The molecule has 4 atom stereocenters. The molecule has 0 radical (unpaired) electrons. The molecule has 4 unspecified atom stereocenters. The van der Waals surface area contributed by atoms with Crippen molar-refractivity contribution in [3.63, 3.8) is 0 Å². The normalized spacial score (nSPS) is 32.0. The monoisotopic (exact) mass is 259 g/mol. The van der Waals surface area contributed by atoms with Crippen LogP contribution in [-0.4, -0.2) is 62.4 Å². The maximum absolute atomic E-state index is 9.77. The number of fused-ring (bicyclic) bond motifs is 2. The molecule has 2 fully saturated rings. The Labute approximate surface area is 109 Å². The lowest BCUT2D eigenvalue weighted by atomic mass is 9.95. The van der Waals surface area contributed by atoms with Crippen molar-refractivity contribution in [1.82, 2.24) is 5.32 Å². The molecule has 106 valence electrons. The van der Waals surface area contributed by atoms with Crippen molar-refractivity contribution in [2.45, 2.75) is 50.5 Å². The molecule has 0 amide bonds. The Hall–Kier alpha value is -0.200. The van der Waals surface area contributed by atoms with Gasteiger partial charge >= 0.3 is 0 Å². The van der Waals surface area contributed by atoms with Gasteiger partial charge in [-0.05, 0) is 26.2 Å². The Morgan fingerprint density at radius 2 is 2.17 bits per heavy atom. The number of aliphatic hydroxyl groups is 1. The first-order valence-electron chi connectivity index (χ1n) is 7.02. The summed E-state index contributed by atoms with van der Waals surface area (Å²) in [7, 11) is 0. The third-order valence-corrected chi connectivity index (χ3v) is 3.61. The first-order valence-corrected chi connectivity index (χ1v) is 7.02. The van der Waals surface area contributed by atoms with Crippen LogP contribution < -0.4 is 5.32 Å². The summed E-state index contributed by atoms with van der Waals surface area (Å²) in [5, 5.41) is 13.1. The number of hydrogen-bond donors (Lipinski definition) is 2. The molecule has 2 bridgehead atoms. The van der Waals surface area contributed by atoms with Crippen molar-refractivity contribution < 1.29 is 19.3 Å². The summed E-state index contributed by atoms with van der Waals surface area (Å²) in [6, 6.07) is 0.418. The van der Waals surface area contributed by atoms with Gasteiger partial charge in [0.15, 0.2) is 0 Å². The van der Waals surface area contributed by atoms with E-state index in [1.54, 1.807) is 0 Å². The van der Waals surface area contributed by atoms with Crippen LogP contribution in [-0.2, 0) is 14.2 Å². The van der Waals surface area contributed by atoms with Crippen molar-refractivity contribution in [3.8, 4) is 0 Å². The molecule has 5 heteroatoms. The lowest BCUT2D eigenvalue weighted by molar-refractivity contribution is 0.00488. The van der Waals surface area contributed by atoms with Gasteiger partial charge in [0.05, 0.1) is 38.1 Å². The van der Waals surface area contributed by atoms with Crippen molar-refractivity contribution in [1.29, 1.82) is 0 Å². The maximum atomic E-state index is 9.77. The molecular weight excluding hydrogens is 234 g/mol. The van der Waals surface area contributed by atoms with Crippen LogP contribution in [0.4, 0.5) is 0 Å². The molecule has 2 aliphatic rings. The molecule has 0 aromatic carbocycles. The zero-order valence-corrected chi connectivity index (χ0v) is 11.1. The van der Waals surface area contributed by atoms with Crippen LogP contribution in [0.15, 0.2) is 0 Å². The number of aliphatic hydroxyl groups excluding tert-OH is 1. The van der Waals surface area contributed by atoms with Gasteiger partial charge in [-0.1, -0.05) is 0 Å². The van der Waals surface area contributed by atoms with Crippen molar-refractivity contribution in [2.75, 3.05) is 33.0 Å². The van der Waals surface area contributed by atoms with Crippen LogP contribution in [0.5, 0.6) is 0 Å². The van der Waals surface area contributed by atoms with E-state index in [0.717, 1.165) is 12.8 Å². The van der Waals surface area contributed by atoms with E-state index >= 15 is 0 Å². The maximum Gasteiger partial charge on any atom is 0.0897 e. The summed E-state index contributed by atoms with van der Waals surface area (Å²) in [4.78, 5) is 0. The molecule has 2 rings (SSSR count). The topological polar surface area (TPSA) is 60.0 Å². The van der Waals surface area contributed by atoms with Crippen LogP contribution in [0, 0.1) is 0 Å². The van der Waals surface area contributed by atoms with Gasteiger partial charge in [0.1, 0.15) is 0 Å². The number of nitrogens with one attached hydrogen (secondary N) is 1. The van der Waals surface area contributed by atoms with Crippen LogP contribution >= 0.6 is 0 Å². The molecule has 0 aliphatic carbocycles. The summed E-state index contributed by atoms with van der Waals surface area (Å²) in [5.41, 5.74) is 0. The zero-order chi connectivity index (χ0) is 12.8. The number of hydrogen-bond acceptors (Lipinski definition) is 5. The number of ether oxygens (including phenoxy) is 3. The summed E-state index contributed by atoms with van der Waals surface area (Å²) in [6.07, 6.45) is 3.80. The average molecular weight is 259 g/mol.